The molecule has 0 saturated carbocycles. The lowest BCUT2D eigenvalue weighted by molar-refractivity contribution is 0.0643. The van der Waals surface area contributed by atoms with E-state index in [-0.39, 0.29) is 12.0 Å². The number of nitrogens with one attached hydrogen (secondary N) is 1. The number of aliphatic hydroxyl groups is 1. The smallest absolute Gasteiger partial charge is 0.0621 e. The molecule has 24 heavy (non-hydrogen) atoms. The van der Waals surface area contributed by atoms with Crippen LogP contribution in [0.25, 0.3) is 10.8 Å². The average Bonchev–Trinajstić information content (AvgIpc) is 2.66. The van der Waals surface area contributed by atoms with Crippen LogP contribution >= 0.6 is 0 Å². The van der Waals surface area contributed by atoms with Gasteiger partial charge in [0, 0.05) is 38.1 Å². The maximum Gasteiger partial charge on any atom is 0.0621 e. The quantitative estimate of drug-likeness (QED) is 0.854. The molecule has 130 valence electrons. The molecule has 0 aliphatic carbocycles. The summed E-state index contributed by atoms with van der Waals surface area (Å²) >= 11 is 0. The maximum atomic E-state index is 10.9. The minimum atomic E-state index is -0.310. The second-order valence-electron chi connectivity index (χ2n) is 6.83. The molecule has 2 N–H and O–H groups in total. The molecule has 0 spiro atoms. The second kappa shape index (κ2) is 8.11. The van der Waals surface area contributed by atoms with Gasteiger partial charge in [0.25, 0.3) is 0 Å². The van der Waals surface area contributed by atoms with Crippen molar-refractivity contribution < 1.29 is 5.11 Å². The van der Waals surface area contributed by atoms with Gasteiger partial charge in [-0.2, -0.15) is 0 Å². The average molecular weight is 326 g/mol. The van der Waals surface area contributed by atoms with E-state index < -0.39 is 0 Å². The Kier molecular flexibility index (Phi) is 5.88. The SMILES string of the molecule is CCC(O)C(c1cccc2ccccc12)C(CC)N1CCNCC1. The van der Waals surface area contributed by atoms with E-state index in [1.54, 1.807) is 0 Å². The highest BCUT2D eigenvalue weighted by molar-refractivity contribution is 5.86. The first kappa shape index (κ1) is 17.4. The van der Waals surface area contributed by atoms with E-state index in [4.69, 9.17) is 0 Å². The van der Waals surface area contributed by atoms with Crippen LogP contribution < -0.4 is 5.32 Å². The number of aliphatic hydroxyl groups excluding tert-OH is 1. The lowest BCUT2D eigenvalue weighted by atomic mass is 9.81. The van der Waals surface area contributed by atoms with Crippen molar-refractivity contribution in [2.45, 2.75) is 44.8 Å². The lowest BCUT2D eigenvalue weighted by Gasteiger charge is -2.41. The molecular formula is C21H30N2O. The Morgan fingerprint density at radius 3 is 2.42 bits per heavy atom. The highest BCUT2D eigenvalue weighted by Gasteiger charge is 2.33. The largest absolute Gasteiger partial charge is 0.392 e. The molecule has 0 bridgehead atoms. The van der Waals surface area contributed by atoms with Gasteiger partial charge in [-0.05, 0) is 29.2 Å². The number of rotatable bonds is 6. The molecule has 1 saturated heterocycles. The van der Waals surface area contributed by atoms with Crippen LogP contribution in [0.5, 0.6) is 0 Å². The first-order valence-corrected chi connectivity index (χ1v) is 9.36. The zero-order chi connectivity index (χ0) is 16.9. The second-order valence-corrected chi connectivity index (χ2v) is 6.83. The van der Waals surface area contributed by atoms with Crippen LogP contribution in [0.4, 0.5) is 0 Å². The normalized spacial score (nSPS) is 20.0. The molecule has 3 rings (SSSR count). The van der Waals surface area contributed by atoms with Gasteiger partial charge in [0.15, 0.2) is 0 Å². The Morgan fingerprint density at radius 2 is 1.71 bits per heavy atom. The predicted octanol–water partition coefficient (Wildman–Crippen LogP) is 3.38. The van der Waals surface area contributed by atoms with Crippen LogP contribution in [-0.4, -0.2) is 48.3 Å². The number of fused-ring (bicyclic) bond motifs is 1. The third kappa shape index (κ3) is 3.49. The summed E-state index contributed by atoms with van der Waals surface area (Å²) in [5.74, 6) is 0.157. The lowest BCUT2D eigenvalue weighted by Crippen LogP contribution is -2.51. The van der Waals surface area contributed by atoms with E-state index in [1.165, 1.54) is 16.3 Å². The summed E-state index contributed by atoms with van der Waals surface area (Å²) in [6.45, 7) is 8.56. The molecule has 2 aromatic rings. The fourth-order valence-corrected chi connectivity index (χ4v) is 4.22. The molecule has 0 amide bonds. The van der Waals surface area contributed by atoms with Gasteiger partial charge in [-0.25, -0.2) is 0 Å². The van der Waals surface area contributed by atoms with Crippen molar-refractivity contribution in [1.82, 2.24) is 10.2 Å². The molecule has 3 heteroatoms. The Morgan fingerprint density at radius 1 is 1.00 bits per heavy atom. The van der Waals surface area contributed by atoms with E-state index in [9.17, 15) is 5.11 Å². The minimum absolute atomic E-state index is 0.157. The van der Waals surface area contributed by atoms with Crippen LogP contribution in [0.15, 0.2) is 42.5 Å². The van der Waals surface area contributed by atoms with Gasteiger partial charge < -0.3 is 10.4 Å². The Bertz CT molecular complexity index is 646. The highest BCUT2D eigenvalue weighted by Crippen LogP contribution is 2.35. The van der Waals surface area contributed by atoms with Crippen molar-refractivity contribution in [3.63, 3.8) is 0 Å². The minimum Gasteiger partial charge on any atom is -0.392 e. The van der Waals surface area contributed by atoms with Gasteiger partial charge in [0.05, 0.1) is 6.10 Å². The van der Waals surface area contributed by atoms with Crippen LogP contribution in [-0.2, 0) is 0 Å². The first-order valence-electron chi connectivity index (χ1n) is 9.36. The maximum absolute atomic E-state index is 10.9. The summed E-state index contributed by atoms with van der Waals surface area (Å²) in [5.41, 5.74) is 1.30. The number of hydrogen-bond acceptors (Lipinski definition) is 3. The third-order valence-corrected chi connectivity index (χ3v) is 5.47. The molecule has 1 fully saturated rings. The van der Waals surface area contributed by atoms with Gasteiger partial charge in [-0.15, -0.1) is 0 Å². The molecule has 1 heterocycles. The van der Waals surface area contributed by atoms with Gasteiger partial charge in [-0.3, -0.25) is 4.90 Å². The van der Waals surface area contributed by atoms with E-state index in [0.29, 0.717) is 6.04 Å². The molecule has 2 aromatic carbocycles. The van der Waals surface area contributed by atoms with E-state index in [0.717, 1.165) is 39.0 Å². The summed E-state index contributed by atoms with van der Waals surface area (Å²) in [6.07, 6.45) is 1.54. The highest BCUT2D eigenvalue weighted by atomic mass is 16.3. The Hall–Kier alpha value is -1.42. The van der Waals surface area contributed by atoms with Crippen molar-refractivity contribution in [3.05, 3.63) is 48.0 Å². The molecular weight excluding hydrogens is 296 g/mol. The molecule has 3 atom stereocenters. The van der Waals surface area contributed by atoms with E-state index in [2.05, 4.69) is 66.5 Å². The number of piperazine rings is 1. The van der Waals surface area contributed by atoms with Gasteiger partial charge in [0.1, 0.15) is 0 Å². The third-order valence-electron chi connectivity index (χ3n) is 5.47. The van der Waals surface area contributed by atoms with Crippen molar-refractivity contribution in [3.8, 4) is 0 Å². The summed E-state index contributed by atoms with van der Waals surface area (Å²) in [4.78, 5) is 2.57. The monoisotopic (exact) mass is 326 g/mol. The standard InChI is InChI=1S/C21H30N2O/c1-3-19(23-14-12-22-13-15-23)21(20(24)4-2)18-11-7-9-16-8-5-6-10-17(16)18/h5-11,19-22,24H,3-4,12-15H2,1-2H3. The molecule has 0 aromatic heterocycles. The Labute approximate surface area is 145 Å². The fraction of sp³-hybridized carbons (Fsp3) is 0.524. The summed E-state index contributed by atoms with van der Waals surface area (Å²) in [7, 11) is 0. The van der Waals surface area contributed by atoms with Crippen LogP contribution in [0, 0.1) is 0 Å². The van der Waals surface area contributed by atoms with Gasteiger partial charge in [-0.1, -0.05) is 56.3 Å². The van der Waals surface area contributed by atoms with Crippen molar-refractivity contribution in [2.24, 2.45) is 0 Å². The molecule has 1 aliphatic rings. The predicted molar refractivity (Wildman–Crippen MR) is 102 cm³/mol. The van der Waals surface area contributed by atoms with Crippen molar-refractivity contribution in [1.29, 1.82) is 0 Å². The van der Waals surface area contributed by atoms with Gasteiger partial charge in [0.2, 0.25) is 0 Å². The van der Waals surface area contributed by atoms with Crippen LogP contribution in [0.2, 0.25) is 0 Å². The number of hydrogen-bond donors (Lipinski definition) is 2. The van der Waals surface area contributed by atoms with E-state index in [1.807, 2.05) is 0 Å². The molecule has 1 aliphatic heterocycles. The van der Waals surface area contributed by atoms with Crippen LogP contribution in [0.3, 0.4) is 0 Å². The zero-order valence-electron chi connectivity index (χ0n) is 14.9. The van der Waals surface area contributed by atoms with Gasteiger partial charge >= 0.3 is 0 Å². The van der Waals surface area contributed by atoms with Crippen molar-refractivity contribution >= 4 is 10.8 Å². The topological polar surface area (TPSA) is 35.5 Å². The first-order chi connectivity index (χ1) is 11.8. The summed E-state index contributed by atoms with van der Waals surface area (Å²) in [5, 5.41) is 16.9. The van der Waals surface area contributed by atoms with E-state index >= 15 is 0 Å². The molecule has 3 unspecified atom stereocenters. The van der Waals surface area contributed by atoms with Crippen LogP contribution in [0.1, 0.15) is 38.2 Å². The fourth-order valence-electron chi connectivity index (χ4n) is 4.22. The summed E-state index contributed by atoms with van der Waals surface area (Å²) < 4.78 is 0. The molecule has 3 nitrogen and oxygen atoms in total. The molecule has 0 radical (unpaired) electrons. The zero-order valence-corrected chi connectivity index (χ0v) is 14.9. The Balaban J connectivity index is 2.04. The number of nitrogens with zero attached hydrogens (tertiary/aromatic N) is 1. The van der Waals surface area contributed by atoms with Crippen molar-refractivity contribution in [2.75, 3.05) is 26.2 Å². The summed E-state index contributed by atoms with van der Waals surface area (Å²) in [6, 6.07) is 15.5. The number of benzene rings is 2.